The van der Waals surface area contributed by atoms with Crippen molar-refractivity contribution in [2.24, 2.45) is 11.7 Å². The van der Waals surface area contributed by atoms with Crippen molar-refractivity contribution in [2.45, 2.75) is 39.2 Å². The minimum absolute atomic E-state index is 0.0795. The molecule has 2 atom stereocenters. The highest BCUT2D eigenvalue weighted by molar-refractivity contribution is 5.81. The van der Waals surface area contributed by atoms with Crippen LogP contribution in [0.3, 0.4) is 0 Å². The van der Waals surface area contributed by atoms with Gasteiger partial charge in [0.05, 0.1) is 6.04 Å². The topological polar surface area (TPSA) is 75.4 Å². The summed E-state index contributed by atoms with van der Waals surface area (Å²) in [5.74, 6) is 0.232. The lowest BCUT2D eigenvalue weighted by Crippen LogP contribution is -2.40. The van der Waals surface area contributed by atoms with Gasteiger partial charge in [-0.3, -0.25) is 4.79 Å². The largest absolute Gasteiger partial charge is 0.396 e. The first kappa shape index (κ1) is 13.4. The normalized spacial score (nSPS) is 14.9. The Balaban J connectivity index is 3.40. The number of nitrogens with one attached hydrogen (secondary N) is 1. The molecule has 4 heteroatoms. The van der Waals surface area contributed by atoms with Crippen molar-refractivity contribution in [3.8, 4) is 0 Å². The van der Waals surface area contributed by atoms with Crippen LogP contribution in [-0.2, 0) is 4.79 Å². The van der Waals surface area contributed by atoms with Gasteiger partial charge in [-0.25, -0.2) is 0 Å². The van der Waals surface area contributed by atoms with Crippen molar-refractivity contribution in [3.05, 3.63) is 0 Å². The predicted molar refractivity (Wildman–Crippen MR) is 56.8 cm³/mol. The van der Waals surface area contributed by atoms with E-state index in [9.17, 15) is 4.79 Å². The zero-order valence-corrected chi connectivity index (χ0v) is 9.12. The number of hydrogen-bond acceptors (Lipinski definition) is 3. The number of carbonyl (C=O) groups excluding carboxylic acids is 1. The van der Waals surface area contributed by atoms with Crippen molar-refractivity contribution in [1.82, 2.24) is 5.32 Å². The van der Waals surface area contributed by atoms with E-state index in [2.05, 4.69) is 5.32 Å². The number of carbonyl (C=O) groups is 1. The average molecular weight is 202 g/mol. The highest BCUT2D eigenvalue weighted by Crippen LogP contribution is 2.02. The second-order valence-corrected chi connectivity index (χ2v) is 3.74. The Morgan fingerprint density at radius 2 is 2.21 bits per heavy atom. The van der Waals surface area contributed by atoms with Crippen molar-refractivity contribution in [2.75, 3.05) is 13.2 Å². The Labute approximate surface area is 85.9 Å². The van der Waals surface area contributed by atoms with Crippen LogP contribution < -0.4 is 11.1 Å². The summed E-state index contributed by atoms with van der Waals surface area (Å²) in [6, 6.07) is -0.384. The summed E-state index contributed by atoms with van der Waals surface area (Å²) in [5, 5.41) is 11.5. The van der Waals surface area contributed by atoms with Gasteiger partial charge in [0.2, 0.25) is 5.91 Å². The summed E-state index contributed by atoms with van der Waals surface area (Å²) in [7, 11) is 0. The Hall–Kier alpha value is -0.610. The molecule has 0 aromatic carbocycles. The Kier molecular flexibility index (Phi) is 7.42. The maximum atomic E-state index is 11.2. The van der Waals surface area contributed by atoms with E-state index in [0.717, 1.165) is 12.8 Å². The maximum Gasteiger partial charge on any atom is 0.236 e. The second-order valence-electron chi connectivity index (χ2n) is 3.74. The average Bonchev–Trinajstić information content (AvgIpc) is 2.22. The number of rotatable bonds is 7. The van der Waals surface area contributed by atoms with E-state index >= 15 is 0 Å². The zero-order chi connectivity index (χ0) is 11.0. The van der Waals surface area contributed by atoms with Gasteiger partial charge in [0, 0.05) is 13.2 Å². The maximum absolute atomic E-state index is 11.2. The van der Waals surface area contributed by atoms with E-state index < -0.39 is 0 Å². The summed E-state index contributed by atoms with van der Waals surface area (Å²) in [6.45, 7) is 4.73. The zero-order valence-electron chi connectivity index (χ0n) is 9.12. The molecule has 0 saturated heterocycles. The van der Waals surface area contributed by atoms with Gasteiger partial charge in [0.25, 0.3) is 0 Å². The van der Waals surface area contributed by atoms with Crippen LogP contribution in [0.1, 0.15) is 33.1 Å². The molecule has 0 saturated carbocycles. The van der Waals surface area contributed by atoms with Crippen LogP contribution in [0.4, 0.5) is 0 Å². The molecule has 1 amide bonds. The molecule has 0 radical (unpaired) electrons. The van der Waals surface area contributed by atoms with Crippen LogP contribution >= 0.6 is 0 Å². The molecule has 14 heavy (non-hydrogen) atoms. The first-order valence-corrected chi connectivity index (χ1v) is 5.26. The molecule has 0 fully saturated rings. The van der Waals surface area contributed by atoms with Gasteiger partial charge < -0.3 is 16.2 Å². The molecule has 0 aliphatic carbocycles. The van der Waals surface area contributed by atoms with Crippen molar-refractivity contribution in [1.29, 1.82) is 0 Å². The molecule has 4 nitrogen and oxygen atoms in total. The standard InChI is InChI=1S/C10H22N2O2/c1-3-9(11)10(14)12-6-4-5-8(2)7-13/h8-9,13H,3-7,11H2,1-2H3,(H,12,14)/t8?,9-/m0/s1. The molecule has 1 unspecified atom stereocenters. The van der Waals surface area contributed by atoms with Gasteiger partial charge in [0.15, 0.2) is 0 Å². The first-order chi connectivity index (χ1) is 6.61. The van der Waals surface area contributed by atoms with Gasteiger partial charge in [0.1, 0.15) is 0 Å². The fourth-order valence-electron chi connectivity index (χ4n) is 1.07. The highest BCUT2D eigenvalue weighted by Gasteiger charge is 2.09. The number of nitrogens with two attached hydrogens (primary N) is 1. The van der Waals surface area contributed by atoms with Crippen LogP contribution in [-0.4, -0.2) is 30.2 Å². The van der Waals surface area contributed by atoms with E-state index in [4.69, 9.17) is 10.8 Å². The minimum atomic E-state index is -0.384. The summed E-state index contributed by atoms with van der Waals surface area (Å²) in [5.41, 5.74) is 5.53. The molecular weight excluding hydrogens is 180 g/mol. The van der Waals surface area contributed by atoms with E-state index in [-0.39, 0.29) is 18.6 Å². The molecule has 84 valence electrons. The molecule has 0 aromatic rings. The van der Waals surface area contributed by atoms with Crippen molar-refractivity contribution in [3.63, 3.8) is 0 Å². The lowest BCUT2D eigenvalue weighted by atomic mass is 10.1. The second kappa shape index (κ2) is 7.76. The van der Waals surface area contributed by atoms with E-state index in [1.165, 1.54) is 0 Å². The molecule has 0 spiro atoms. The smallest absolute Gasteiger partial charge is 0.236 e. The summed E-state index contributed by atoms with van der Waals surface area (Å²) in [6.07, 6.45) is 2.49. The fraction of sp³-hybridized carbons (Fsp3) is 0.900. The predicted octanol–water partition coefficient (Wildman–Crippen LogP) is 0.248. The fourth-order valence-corrected chi connectivity index (χ4v) is 1.07. The van der Waals surface area contributed by atoms with Crippen LogP contribution in [0.15, 0.2) is 0 Å². The van der Waals surface area contributed by atoms with Crippen molar-refractivity contribution < 1.29 is 9.90 Å². The van der Waals surface area contributed by atoms with Crippen LogP contribution in [0.2, 0.25) is 0 Å². The highest BCUT2D eigenvalue weighted by atomic mass is 16.3. The van der Waals surface area contributed by atoms with E-state index in [0.29, 0.717) is 18.9 Å². The quantitative estimate of drug-likeness (QED) is 0.518. The number of amides is 1. The summed E-state index contributed by atoms with van der Waals surface area (Å²) >= 11 is 0. The van der Waals surface area contributed by atoms with E-state index in [1.807, 2.05) is 13.8 Å². The van der Waals surface area contributed by atoms with E-state index in [1.54, 1.807) is 0 Å². The monoisotopic (exact) mass is 202 g/mol. The van der Waals surface area contributed by atoms with Gasteiger partial charge >= 0.3 is 0 Å². The molecule has 0 heterocycles. The molecule has 0 aromatic heterocycles. The van der Waals surface area contributed by atoms with Gasteiger partial charge in [-0.05, 0) is 25.2 Å². The van der Waals surface area contributed by atoms with Gasteiger partial charge in [-0.1, -0.05) is 13.8 Å². The minimum Gasteiger partial charge on any atom is -0.396 e. The lowest BCUT2D eigenvalue weighted by Gasteiger charge is -2.11. The third-order valence-electron chi connectivity index (χ3n) is 2.26. The SMILES string of the molecule is CC[C@H](N)C(=O)NCCCC(C)CO. The van der Waals surface area contributed by atoms with Crippen molar-refractivity contribution >= 4 is 5.91 Å². The molecule has 4 N–H and O–H groups in total. The number of aliphatic hydroxyl groups excluding tert-OH is 1. The third kappa shape index (κ3) is 5.94. The van der Waals surface area contributed by atoms with Crippen LogP contribution in [0.5, 0.6) is 0 Å². The Bertz CT molecular complexity index is 162. The molecular formula is C10H22N2O2. The Morgan fingerprint density at radius 3 is 2.71 bits per heavy atom. The molecule has 0 bridgehead atoms. The van der Waals surface area contributed by atoms with Gasteiger partial charge in [-0.2, -0.15) is 0 Å². The molecule has 0 rings (SSSR count). The third-order valence-corrected chi connectivity index (χ3v) is 2.26. The first-order valence-electron chi connectivity index (χ1n) is 5.26. The summed E-state index contributed by atoms with van der Waals surface area (Å²) in [4.78, 5) is 11.2. The number of hydrogen-bond donors (Lipinski definition) is 3. The number of aliphatic hydroxyl groups is 1. The van der Waals surface area contributed by atoms with Gasteiger partial charge in [-0.15, -0.1) is 0 Å². The molecule has 0 aliphatic rings. The lowest BCUT2D eigenvalue weighted by molar-refractivity contribution is -0.122. The Morgan fingerprint density at radius 1 is 1.57 bits per heavy atom. The van der Waals surface area contributed by atoms with Crippen LogP contribution in [0, 0.1) is 5.92 Å². The van der Waals surface area contributed by atoms with Crippen LogP contribution in [0.25, 0.3) is 0 Å². The summed E-state index contributed by atoms with van der Waals surface area (Å²) < 4.78 is 0. The molecule has 0 aliphatic heterocycles.